The Balaban J connectivity index is 1.25. The van der Waals surface area contributed by atoms with E-state index in [-0.39, 0.29) is 71.3 Å². The third kappa shape index (κ3) is 14.3. The molecule has 0 heterocycles. The summed E-state index contributed by atoms with van der Waals surface area (Å²) in [5.74, 6) is 0. The predicted octanol–water partition coefficient (Wildman–Crippen LogP) is 15.5. The van der Waals surface area contributed by atoms with Crippen molar-refractivity contribution in [3.63, 3.8) is 0 Å². The SMILES string of the molecule is CCC(CC)(OP(=O)(OC(CC)(CC)N(c1ccc(S(=O)(=O)NC2CC2)cc1)c1cccc(Cl)c1)OC(CC)(CC)N(c1ccc(S(=O)(=O)NC2CC2)cc1)c1cccc(Cl)c1)N(c1ccc(S(=O)(=O)NC2CC2)cc1)c1cccc(Cl)c1. The number of phosphoric acid groups is 1. The van der Waals surface area contributed by atoms with Gasteiger partial charge in [-0.1, -0.05) is 94.5 Å². The highest BCUT2D eigenvalue weighted by Gasteiger charge is 2.55. The first-order valence-corrected chi connectivity index (χ1v) is 35.3. The number of hydrogen-bond acceptors (Lipinski definition) is 13. The van der Waals surface area contributed by atoms with E-state index < -0.39 is 55.1 Å². The molecular formula is C60H72Cl3N6O10PS3. The van der Waals surface area contributed by atoms with Crippen molar-refractivity contribution in [3.8, 4) is 0 Å². The number of halogens is 3. The molecule has 0 amide bonds. The summed E-state index contributed by atoms with van der Waals surface area (Å²) in [5, 5.41) is 1.13. The number of anilines is 6. The van der Waals surface area contributed by atoms with Gasteiger partial charge in [-0.2, -0.15) is 0 Å². The number of rotatable bonds is 30. The van der Waals surface area contributed by atoms with Gasteiger partial charge < -0.3 is 14.7 Å². The maximum absolute atomic E-state index is 17.7. The largest absolute Gasteiger partial charge is 0.481 e. The second-order valence-corrected chi connectivity index (χ2v) is 29.2. The molecule has 3 aliphatic carbocycles. The van der Waals surface area contributed by atoms with Gasteiger partial charge >= 0.3 is 7.82 Å². The Morgan fingerprint density at radius 2 is 0.627 bits per heavy atom. The average Bonchev–Trinajstić information content (AvgIpc) is 3.19. The first kappa shape index (κ1) is 62.9. The molecule has 0 spiro atoms. The zero-order valence-corrected chi connectivity index (χ0v) is 52.9. The van der Waals surface area contributed by atoms with Crippen LogP contribution >= 0.6 is 42.6 Å². The Bertz CT molecular complexity index is 3260. The minimum atomic E-state index is -5.28. The second kappa shape index (κ2) is 25.4. The molecule has 3 aliphatic rings. The van der Waals surface area contributed by atoms with Crippen LogP contribution in [0.4, 0.5) is 34.1 Å². The minimum Gasteiger partial charge on any atom is -0.312 e. The summed E-state index contributed by atoms with van der Waals surface area (Å²) >= 11 is 20.4. The van der Waals surface area contributed by atoms with Crippen molar-refractivity contribution < 1.29 is 43.4 Å². The van der Waals surface area contributed by atoms with E-state index in [4.69, 9.17) is 48.4 Å². The molecule has 3 fully saturated rings. The number of benzene rings is 6. The van der Waals surface area contributed by atoms with Gasteiger partial charge in [0.2, 0.25) is 30.1 Å². The molecule has 0 atom stereocenters. The van der Waals surface area contributed by atoms with Crippen LogP contribution in [0.2, 0.25) is 15.1 Å². The van der Waals surface area contributed by atoms with Crippen LogP contribution in [0.1, 0.15) is 119 Å². The summed E-state index contributed by atoms with van der Waals surface area (Å²) in [6.45, 7) is 11.3. The third-order valence-corrected chi connectivity index (χ3v) is 22.5. The molecule has 446 valence electrons. The van der Waals surface area contributed by atoms with Gasteiger partial charge in [-0.3, -0.25) is 13.6 Å². The molecule has 9 rings (SSSR count). The highest BCUT2D eigenvalue weighted by Crippen LogP contribution is 2.64. The number of hydrogen-bond donors (Lipinski definition) is 3. The maximum atomic E-state index is 17.7. The van der Waals surface area contributed by atoms with Gasteiger partial charge in [0, 0.05) is 67.3 Å². The van der Waals surface area contributed by atoms with Crippen LogP contribution in [0.5, 0.6) is 0 Å². The molecule has 6 aromatic carbocycles. The Morgan fingerprint density at radius 3 is 0.819 bits per heavy atom. The second-order valence-electron chi connectivity index (χ2n) is 21.3. The van der Waals surface area contributed by atoms with Gasteiger partial charge in [0.25, 0.3) is 0 Å². The maximum Gasteiger partial charge on any atom is 0.481 e. The van der Waals surface area contributed by atoms with Crippen LogP contribution in [0.3, 0.4) is 0 Å². The van der Waals surface area contributed by atoms with Crippen LogP contribution < -0.4 is 28.9 Å². The van der Waals surface area contributed by atoms with Crippen LogP contribution in [0, 0.1) is 0 Å². The Labute approximate surface area is 504 Å². The first-order valence-electron chi connectivity index (χ1n) is 28.3. The lowest BCUT2D eigenvalue weighted by molar-refractivity contribution is -0.0698. The van der Waals surface area contributed by atoms with E-state index in [2.05, 4.69) is 14.2 Å². The summed E-state index contributed by atoms with van der Waals surface area (Å²) < 4.78 is 130. The average molecular weight is 1270 g/mol. The van der Waals surface area contributed by atoms with Gasteiger partial charge in [0.1, 0.15) is 0 Å². The van der Waals surface area contributed by atoms with Crippen LogP contribution in [0.15, 0.2) is 160 Å². The van der Waals surface area contributed by atoms with Gasteiger partial charge in [0.05, 0.1) is 14.7 Å². The van der Waals surface area contributed by atoms with Gasteiger partial charge in [0.15, 0.2) is 17.2 Å². The summed E-state index contributed by atoms with van der Waals surface area (Å²) in [6.07, 6.45) is 5.25. The highest BCUT2D eigenvalue weighted by atomic mass is 35.5. The quantitative estimate of drug-likeness (QED) is 0.0285. The van der Waals surface area contributed by atoms with Gasteiger partial charge in [-0.05, 0) is 204 Å². The van der Waals surface area contributed by atoms with E-state index in [0.29, 0.717) is 49.2 Å². The fourth-order valence-electron chi connectivity index (χ4n) is 10.4. The molecule has 0 radical (unpaired) electrons. The summed E-state index contributed by atoms with van der Waals surface area (Å²) in [4.78, 5) is 5.65. The van der Waals surface area contributed by atoms with Crippen molar-refractivity contribution in [1.82, 2.24) is 14.2 Å². The number of sulfonamides is 3. The molecule has 0 unspecified atom stereocenters. The lowest BCUT2D eigenvalue weighted by Gasteiger charge is -2.51. The van der Waals surface area contributed by atoms with E-state index in [0.717, 1.165) is 38.5 Å². The molecule has 0 aromatic heterocycles. The summed E-state index contributed by atoms with van der Waals surface area (Å²) in [7, 11) is -16.9. The molecule has 3 N–H and O–H groups in total. The minimum absolute atomic E-state index is 0.0548. The highest BCUT2D eigenvalue weighted by molar-refractivity contribution is 7.90. The first-order chi connectivity index (χ1) is 39.5. The zero-order chi connectivity index (χ0) is 59.6. The monoisotopic (exact) mass is 1270 g/mol. The Kier molecular flexibility index (Phi) is 19.3. The molecule has 83 heavy (non-hydrogen) atoms. The van der Waals surface area contributed by atoms with Crippen molar-refractivity contribution >= 4 is 107 Å². The van der Waals surface area contributed by atoms with Crippen molar-refractivity contribution in [2.75, 3.05) is 14.7 Å². The van der Waals surface area contributed by atoms with E-state index >= 15 is 4.57 Å². The molecule has 16 nitrogen and oxygen atoms in total. The van der Waals surface area contributed by atoms with Crippen LogP contribution in [-0.4, -0.2) is 60.6 Å². The van der Waals surface area contributed by atoms with Crippen LogP contribution in [-0.2, 0) is 48.2 Å². The fraction of sp³-hybridized carbons (Fsp3) is 0.400. The lowest BCUT2D eigenvalue weighted by Crippen LogP contribution is -2.53. The third-order valence-electron chi connectivity index (χ3n) is 15.5. The van der Waals surface area contributed by atoms with E-state index in [1.807, 2.05) is 74.4 Å². The lowest BCUT2D eigenvalue weighted by atomic mass is 10.0. The van der Waals surface area contributed by atoms with E-state index in [9.17, 15) is 25.3 Å². The van der Waals surface area contributed by atoms with E-state index in [1.54, 1.807) is 91.0 Å². The Morgan fingerprint density at radius 1 is 0.398 bits per heavy atom. The molecule has 6 aromatic rings. The predicted molar refractivity (Wildman–Crippen MR) is 331 cm³/mol. The normalized spacial score (nSPS) is 15.5. The summed E-state index contributed by atoms with van der Waals surface area (Å²) in [6, 6.07) is 39.8. The smallest absolute Gasteiger partial charge is 0.312 e. The van der Waals surface area contributed by atoms with Gasteiger partial charge in [-0.15, -0.1) is 0 Å². The van der Waals surface area contributed by atoms with Gasteiger partial charge in [-0.25, -0.2) is 44.0 Å². The standard InChI is InChI=1S/C60H72Cl3N6O10PS3/c1-7-58(8-2,67(52-19-13-16-43(61)40-52)49-28-34-55(35-29-49)81(71,72)64-46-22-23-46)77-80(70,78-59(9-3,10-4)68(53-20-14-17-44(62)41-53)50-30-36-56(37-31-50)82(73,74)65-47-24-25-47)79-60(11-5,12-6)69(54-21-15-18-45(63)42-54)51-32-38-57(39-33-51)83(75,76)66-48-26-27-48/h13-21,28-42,46-48,64-66H,7-12,22-27H2,1-6H3. The number of nitrogens with one attached hydrogen (secondary N) is 3. The van der Waals surface area contributed by atoms with Crippen LogP contribution in [0.25, 0.3) is 0 Å². The number of nitrogens with zero attached hydrogens (tertiary/aromatic N) is 3. The molecule has 0 saturated heterocycles. The fourth-order valence-corrected chi connectivity index (χ4v) is 17.2. The van der Waals surface area contributed by atoms with Crippen molar-refractivity contribution in [3.05, 3.63) is 161 Å². The topological polar surface area (TPSA) is 193 Å². The molecule has 0 aliphatic heterocycles. The van der Waals surface area contributed by atoms with E-state index in [1.165, 1.54) is 36.4 Å². The van der Waals surface area contributed by atoms with Crippen molar-refractivity contribution in [1.29, 1.82) is 0 Å². The summed E-state index contributed by atoms with van der Waals surface area (Å²) in [5.41, 5.74) is -2.09. The molecule has 3 saturated carbocycles. The molecular weight excluding hydrogens is 1200 g/mol. The van der Waals surface area contributed by atoms with Crippen molar-refractivity contribution in [2.24, 2.45) is 0 Å². The van der Waals surface area contributed by atoms with Crippen molar-refractivity contribution in [2.45, 2.75) is 169 Å². The number of phosphoric ester groups is 1. The molecule has 23 heteroatoms. The Hall–Kier alpha value is -4.57. The molecule has 0 bridgehead atoms. The zero-order valence-electron chi connectivity index (χ0n) is 47.3.